The molecule has 0 aromatic heterocycles. The summed E-state index contributed by atoms with van der Waals surface area (Å²) in [5.74, 6) is 0.865. The van der Waals surface area contributed by atoms with Crippen LogP contribution < -0.4 is 4.74 Å². The largest absolute Gasteiger partial charge is 0.485 e. The molecular weight excluding hydrogens is 328 g/mol. The van der Waals surface area contributed by atoms with E-state index in [2.05, 4.69) is 54.8 Å². The molecule has 3 heteroatoms. The van der Waals surface area contributed by atoms with Crippen molar-refractivity contribution >= 4 is 17.8 Å². The van der Waals surface area contributed by atoms with Gasteiger partial charge in [0.15, 0.2) is 0 Å². The molecule has 2 aromatic carbocycles. The van der Waals surface area contributed by atoms with E-state index in [4.69, 9.17) is 4.74 Å². The third-order valence-electron chi connectivity index (χ3n) is 4.06. The molecule has 0 spiro atoms. The highest BCUT2D eigenvalue weighted by Crippen LogP contribution is 2.29. The van der Waals surface area contributed by atoms with Crippen LogP contribution in [0.25, 0.3) is 6.08 Å². The van der Waals surface area contributed by atoms with Crippen molar-refractivity contribution < 1.29 is 9.84 Å². The standard InChI is InChI=1S/C22H28O2S/c1-16-13-19(14-17(2)21(16)24-22(3,4)15-23)8-6-7-18-9-11-20(25-5)12-10-18/h6,8-14,23H,7,15H2,1-5H3/b8-6-. The van der Waals surface area contributed by atoms with Gasteiger partial charge in [0.1, 0.15) is 11.4 Å². The molecule has 0 aliphatic rings. The van der Waals surface area contributed by atoms with Gasteiger partial charge in [-0.3, -0.25) is 0 Å². The van der Waals surface area contributed by atoms with E-state index in [1.807, 2.05) is 27.7 Å². The van der Waals surface area contributed by atoms with Crippen molar-refractivity contribution in [2.24, 2.45) is 0 Å². The maximum Gasteiger partial charge on any atom is 0.126 e. The number of aliphatic hydroxyl groups excluding tert-OH is 1. The zero-order chi connectivity index (χ0) is 18.4. The summed E-state index contributed by atoms with van der Waals surface area (Å²) in [6, 6.07) is 12.9. The van der Waals surface area contributed by atoms with Crippen molar-refractivity contribution in [2.75, 3.05) is 12.9 Å². The van der Waals surface area contributed by atoms with Crippen molar-refractivity contribution in [3.63, 3.8) is 0 Å². The van der Waals surface area contributed by atoms with E-state index in [-0.39, 0.29) is 6.61 Å². The zero-order valence-electron chi connectivity index (χ0n) is 15.8. The Hall–Kier alpha value is -1.71. The Morgan fingerprint density at radius 3 is 2.20 bits per heavy atom. The number of hydrogen-bond acceptors (Lipinski definition) is 3. The molecule has 0 saturated carbocycles. The topological polar surface area (TPSA) is 29.5 Å². The number of allylic oxidation sites excluding steroid dienone is 1. The summed E-state index contributed by atoms with van der Waals surface area (Å²) in [6.07, 6.45) is 7.36. The molecule has 0 aliphatic heterocycles. The zero-order valence-corrected chi connectivity index (χ0v) is 16.6. The predicted octanol–water partition coefficient (Wildman–Crippen LogP) is 5.43. The Labute approximate surface area is 155 Å². The lowest BCUT2D eigenvalue weighted by molar-refractivity contribution is 0.0401. The Morgan fingerprint density at radius 1 is 1.08 bits per heavy atom. The van der Waals surface area contributed by atoms with Crippen LogP contribution in [0.5, 0.6) is 5.75 Å². The van der Waals surface area contributed by atoms with Gasteiger partial charge in [-0.05, 0) is 86.9 Å². The molecule has 2 rings (SSSR count). The lowest BCUT2D eigenvalue weighted by atomic mass is 10.0. The van der Waals surface area contributed by atoms with Gasteiger partial charge in [0.25, 0.3) is 0 Å². The van der Waals surface area contributed by atoms with Crippen molar-refractivity contribution in [1.29, 1.82) is 0 Å². The number of aliphatic hydroxyl groups is 1. The van der Waals surface area contributed by atoms with Crippen molar-refractivity contribution in [3.8, 4) is 5.75 Å². The van der Waals surface area contributed by atoms with Crippen molar-refractivity contribution in [1.82, 2.24) is 0 Å². The Morgan fingerprint density at radius 2 is 1.68 bits per heavy atom. The molecule has 2 aromatic rings. The van der Waals surface area contributed by atoms with E-state index in [9.17, 15) is 5.11 Å². The lowest BCUT2D eigenvalue weighted by Crippen LogP contribution is -2.33. The third kappa shape index (κ3) is 5.65. The van der Waals surface area contributed by atoms with Crippen molar-refractivity contribution in [2.45, 2.75) is 44.6 Å². The minimum Gasteiger partial charge on any atom is -0.485 e. The second-order valence-electron chi connectivity index (χ2n) is 6.96. The van der Waals surface area contributed by atoms with Crippen LogP contribution in [0.1, 0.15) is 36.1 Å². The Kier molecular flexibility index (Phi) is 6.74. The monoisotopic (exact) mass is 356 g/mol. The van der Waals surface area contributed by atoms with Crippen LogP contribution in [0, 0.1) is 13.8 Å². The van der Waals surface area contributed by atoms with E-state index < -0.39 is 5.60 Å². The maximum absolute atomic E-state index is 9.41. The molecule has 0 radical (unpaired) electrons. The highest BCUT2D eigenvalue weighted by atomic mass is 32.2. The summed E-state index contributed by atoms with van der Waals surface area (Å²) in [7, 11) is 0. The van der Waals surface area contributed by atoms with E-state index in [1.54, 1.807) is 11.8 Å². The average molecular weight is 357 g/mol. The number of rotatable bonds is 7. The van der Waals surface area contributed by atoms with Gasteiger partial charge < -0.3 is 9.84 Å². The fraction of sp³-hybridized carbons (Fsp3) is 0.364. The number of aryl methyl sites for hydroxylation is 2. The normalized spacial score (nSPS) is 11.9. The molecule has 0 amide bonds. The van der Waals surface area contributed by atoms with Crippen LogP contribution in [0.4, 0.5) is 0 Å². The van der Waals surface area contributed by atoms with E-state index >= 15 is 0 Å². The molecule has 0 atom stereocenters. The first kappa shape index (κ1) is 19.6. The fourth-order valence-electron chi connectivity index (χ4n) is 2.64. The summed E-state index contributed by atoms with van der Waals surface area (Å²) in [5, 5.41) is 9.41. The molecular formula is C22H28O2S. The van der Waals surface area contributed by atoms with Gasteiger partial charge in [-0.25, -0.2) is 0 Å². The van der Waals surface area contributed by atoms with Crippen LogP contribution in [-0.4, -0.2) is 23.6 Å². The molecule has 2 nitrogen and oxygen atoms in total. The number of benzene rings is 2. The molecule has 0 bridgehead atoms. The molecule has 0 unspecified atom stereocenters. The van der Waals surface area contributed by atoms with Crippen LogP contribution in [0.15, 0.2) is 47.4 Å². The first-order valence-corrected chi connectivity index (χ1v) is 9.78. The highest BCUT2D eigenvalue weighted by molar-refractivity contribution is 7.98. The fourth-order valence-corrected chi connectivity index (χ4v) is 3.05. The third-order valence-corrected chi connectivity index (χ3v) is 4.81. The average Bonchev–Trinajstić information content (AvgIpc) is 2.59. The molecule has 0 saturated heterocycles. The minimum atomic E-state index is -0.574. The summed E-state index contributed by atoms with van der Waals surface area (Å²) in [6.45, 7) is 7.87. The lowest BCUT2D eigenvalue weighted by Gasteiger charge is -2.26. The Bertz CT molecular complexity index is 707. The molecule has 0 aliphatic carbocycles. The molecule has 134 valence electrons. The van der Waals surface area contributed by atoms with Gasteiger partial charge in [0.2, 0.25) is 0 Å². The second-order valence-corrected chi connectivity index (χ2v) is 7.84. The predicted molar refractivity (Wildman–Crippen MR) is 109 cm³/mol. The van der Waals surface area contributed by atoms with Gasteiger partial charge in [-0.2, -0.15) is 0 Å². The Balaban J connectivity index is 2.09. The molecule has 0 heterocycles. The molecule has 1 N–H and O–H groups in total. The maximum atomic E-state index is 9.41. The van der Waals surface area contributed by atoms with Crippen LogP contribution in [0.3, 0.4) is 0 Å². The van der Waals surface area contributed by atoms with E-state index in [1.165, 1.54) is 16.0 Å². The van der Waals surface area contributed by atoms with Crippen LogP contribution >= 0.6 is 11.8 Å². The second kappa shape index (κ2) is 8.59. The first-order chi connectivity index (χ1) is 11.8. The van der Waals surface area contributed by atoms with Gasteiger partial charge >= 0.3 is 0 Å². The van der Waals surface area contributed by atoms with Crippen LogP contribution in [0.2, 0.25) is 0 Å². The van der Waals surface area contributed by atoms with Gasteiger partial charge in [0, 0.05) is 4.90 Å². The number of hydrogen-bond donors (Lipinski definition) is 1. The summed E-state index contributed by atoms with van der Waals surface area (Å²) < 4.78 is 5.99. The minimum absolute atomic E-state index is 0.0110. The quantitative estimate of drug-likeness (QED) is 0.671. The van der Waals surface area contributed by atoms with Crippen molar-refractivity contribution in [3.05, 3.63) is 64.7 Å². The molecule has 0 fully saturated rings. The first-order valence-electron chi connectivity index (χ1n) is 8.55. The van der Waals surface area contributed by atoms with E-state index in [0.29, 0.717) is 0 Å². The SMILES string of the molecule is CSc1ccc(C/C=C\c2cc(C)c(OC(C)(C)CO)c(C)c2)cc1. The molecule has 25 heavy (non-hydrogen) atoms. The van der Waals surface area contributed by atoms with Gasteiger partial charge in [0.05, 0.1) is 6.61 Å². The number of ether oxygens (including phenoxy) is 1. The van der Waals surface area contributed by atoms with Gasteiger partial charge in [-0.15, -0.1) is 11.8 Å². The number of thioether (sulfide) groups is 1. The highest BCUT2D eigenvalue weighted by Gasteiger charge is 2.20. The van der Waals surface area contributed by atoms with Gasteiger partial charge in [-0.1, -0.05) is 24.3 Å². The summed E-state index contributed by atoms with van der Waals surface area (Å²) in [4.78, 5) is 1.29. The van der Waals surface area contributed by atoms with E-state index in [0.717, 1.165) is 23.3 Å². The summed E-state index contributed by atoms with van der Waals surface area (Å²) in [5.41, 5.74) is 4.09. The smallest absolute Gasteiger partial charge is 0.126 e. The van der Waals surface area contributed by atoms with Crippen LogP contribution in [-0.2, 0) is 6.42 Å². The summed E-state index contributed by atoms with van der Waals surface area (Å²) >= 11 is 1.76.